The van der Waals surface area contributed by atoms with E-state index < -0.39 is 26.6 Å². The number of nitrogens with one attached hydrogen (secondary N) is 1. The number of amides is 1. The zero-order chi connectivity index (χ0) is 57.0. The molecule has 0 aromatic carbocycles. The van der Waals surface area contributed by atoms with Gasteiger partial charge in [-0.2, -0.15) is 0 Å². The van der Waals surface area contributed by atoms with Crippen molar-refractivity contribution in [1.29, 1.82) is 0 Å². The van der Waals surface area contributed by atoms with Gasteiger partial charge in [0.15, 0.2) is 0 Å². The number of nitrogens with zero attached hydrogens (tertiary/aromatic N) is 1. The Morgan fingerprint density at radius 2 is 0.795 bits per heavy atom. The molecule has 0 aliphatic heterocycles. The molecule has 3 atom stereocenters. The minimum atomic E-state index is -4.61. The van der Waals surface area contributed by atoms with Crippen LogP contribution in [0.2, 0.25) is 0 Å². The molecular formula is C69H123N2O6P. The number of aliphatic hydroxyl groups excluding tert-OH is 1. The molecule has 0 aliphatic carbocycles. The first-order valence-corrected chi connectivity index (χ1v) is 33.7. The van der Waals surface area contributed by atoms with Gasteiger partial charge in [-0.1, -0.05) is 284 Å². The largest absolute Gasteiger partial charge is 0.756 e. The number of rotatable bonds is 58. The first-order valence-electron chi connectivity index (χ1n) is 32.2. The molecule has 0 radical (unpaired) electrons. The van der Waals surface area contributed by atoms with Crippen molar-refractivity contribution < 1.29 is 32.9 Å². The third-order valence-corrected chi connectivity index (χ3v) is 14.9. The van der Waals surface area contributed by atoms with E-state index in [4.69, 9.17) is 9.05 Å². The van der Waals surface area contributed by atoms with Crippen LogP contribution in [-0.4, -0.2) is 68.5 Å². The van der Waals surface area contributed by atoms with Crippen LogP contribution in [0.1, 0.15) is 271 Å². The van der Waals surface area contributed by atoms with Gasteiger partial charge in [-0.05, 0) is 89.9 Å². The van der Waals surface area contributed by atoms with Crippen LogP contribution in [0.15, 0.2) is 109 Å². The van der Waals surface area contributed by atoms with Crippen molar-refractivity contribution in [3.05, 3.63) is 109 Å². The average Bonchev–Trinajstić information content (AvgIpc) is 3.41. The number of carbonyl (C=O) groups excluding carboxylic acids is 1. The van der Waals surface area contributed by atoms with E-state index >= 15 is 0 Å². The molecule has 3 unspecified atom stereocenters. The van der Waals surface area contributed by atoms with E-state index in [9.17, 15) is 19.4 Å². The minimum absolute atomic E-state index is 0.00964. The van der Waals surface area contributed by atoms with Gasteiger partial charge < -0.3 is 28.8 Å². The lowest BCUT2D eigenvalue weighted by Crippen LogP contribution is -2.45. The zero-order valence-corrected chi connectivity index (χ0v) is 52.2. The van der Waals surface area contributed by atoms with Crippen LogP contribution in [0.3, 0.4) is 0 Å². The van der Waals surface area contributed by atoms with Crippen LogP contribution in [0.4, 0.5) is 0 Å². The first-order chi connectivity index (χ1) is 38.0. The number of phosphoric ester groups is 1. The Balaban J connectivity index is 4.10. The van der Waals surface area contributed by atoms with Crippen LogP contribution in [0, 0.1) is 0 Å². The fourth-order valence-electron chi connectivity index (χ4n) is 8.97. The summed E-state index contributed by atoms with van der Waals surface area (Å²) in [5.74, 6) is -0.209. The second-order valence-corrected chi connectivity index (χ2v) is 24.1. The highest BCUT2D eigenvalue weighted by Gasteiger charge is 2.23. The summed E-state index contributed by atoms with van der Waals surface area (Å²) >= 11 is 0. The number of carbonyl (C=O) groups is 1. The number of hydrogen-bond acceptors (Lipinski definition) is 6. The molecule has 0 spiro atoms. The summed E-state index contributed by atoms with van der Waals surface area (Å²) in [7, 11) is 1.24. The van der Waals surface area contributed by atoms with E-state index in [1.165, 1.54) is 167 Å². The summed E-state index contributed by atoms with van der Waals surface area (Å²) in [6.07, 6.45) is 86.2. The molecule has 0 rings (SSSR count). The minimum Gasteiger partial charge on any atom is -0.756 e. The lowest BCUT2D eigenvalue weighted by Gasteiger charge is -2.29. The van der Waals surface area contributed by atoms with Crippen LogP contribution >= 0.6 is 7.82 Å². The molecule has 78 heavy (non-hydrogen) atoms. The number of unbranched alkanes of at least 4 members (excludes halogenated alkanes) is 29. The fraction of sp³-hybridized carbons (Fsp3) is 0.725. The Morgan fingerprint density at radius 3 is 1.19 bits per heavy atom. The lowest BCUT2D eigenvalue weighted by molar-refractivity contribution is -0.870. The van der Waals surface area contributed by atoms with E-state index in [1.54, 1.807) is 6.08 Å². The summed E-state index contributed by atoms with van der Waals surface area (Å²) in [6, 6.07) is -0.909. The molecule has 8 nitrogen and oxygen atoms in total. The number of likely N-dealkylation sites (N-methyl/N-ethyl adjacent to an activating group) is 1. The molecular weight excluding hydrogens is 984 g/mol. The van der Waals surface area contributed by atoms with Gasteiger partial charge in [0.25, 0.3) is 7.82 Å². The molecule has 0 aromatic rings. The van der Waals surface area contributed by atoms with Gasteiger partial charge >= 0.3 is 0 Å². The highest BCUT2D eigenvalue weighted by atomic mass is 31.2. The van der Waals surface area contributed by atoms with Crippen LogP contribution in [-0.2, 0) is 18.4 Å². The first kappa shape index (κ1) is 75.2. The zero-order valence-electron chi connectivity index (χ0n) is 51.3. The van der Waals surface area contributed by atoms with Crippen molar-refractivity contribution in [3.8, 4) is 0 Å². The van der Waals surface area contributed by atoms with E-state index in [0.29, 0.717) is 17.4 Å². The van der Waals surface area contributed by atoms with E-state index in [0.717, 1.165) is 83.5 Å². The summed E-state index contributed by atoms with van der Waals surface area (Å²) < 4.78 is 23.4. The molecule has 2 N–H and O–H groups in total. The molecule has 1 amide bonds. The van der Waals surface area contributed by atoms with Gasteiger partial charge in [-0.15, -0.1) is 0 Å². The maximum atomic E-state index is 13.0. The van der Waals surface area contributed by atoms with Gasteiger partial charge in [-0.25, -0.2) is 0 Å². The second kappa shape index (κ2) is 58.8. The van der Waals surface area contributed by atoms with Crippen molar-refractivity contribution >= 4 is 13.7 Å². The third kappa shape index (κ3) is 60.8. The maximum absolute atomic E-state index is 13.0. The van der Waals surface area contributed by atoms with Crippen molar-refractivity contribution in [1.82, 2.24) is 5.32 Å². The highest BCUT2D eigenvalue weighted by Crippen LogP contribution is 2.38. The fourth-order valence-corrected chi connectivity index (χ4v) is 9.70. The second-order valence-electron chi connectivity index (χ2n) is 22.7. The quantitative estimate of drug-likeness (QED) is 0.0272. The smallest absolute Gasteiger partial charge is 0.268 e. The predicted molar refractivity (Wildman–Crippen MR) is 339 cm³/mol. The number of allylic oxidation sites excluding steroid dienone is 17. The number of aliphatic hydroxyl groups is 1. The standard InChI is InChI=1S/C69H123N2O6P/c1-6-8-10-12-14-16-18-20-22-24-26-27-28-29-30-31-32-33-34-35-36-37-38-39-40-41-42-43-45-47-49-51-53-55-57-59-61-63-69(73)70-67(66-77-78(74,75)76-65-64-71(3,4)5)68(72)62-60-58-56-54-52-50-48-46-44-25-23-21-19-17-15-13-11-9-7-2/h8,10,14,16,20,22,26-27,29-30,32-33,35-36,52,54,60,62,67-68,72H,6-7,9,11-13,15,17-19,21,23-25,28,31,34,37-51,53,55-59,61,63-66H2,1-5H3,(H-,70,73,74,75)/b10-8-,16-14-,22-20-,27-26-,30-29-,33-32-,36-35-,54-52+,62-60+. The topological polar surface area (TPSA) is 108 Å². The lowest BCUT2D eigenvalue weighted by atomic mass is 10.0. The van der Waals surface area contributed by atoms with Gasteiger partial charge in [0, 0.05) is 6.42 Å². The van der Waals surface area contributed by atoms with Crippen molar-refractivity contribution in [2.75, 3.05) is 40.9 Å². The summed E-state index contributed by atoms with van der Waals surface area (Å²) in [5.41, 5.74) is 0. The highest BCUT2D eigenvalue weighted by molar-refractivity contribution is 7.45. The predicted octanol–water partition coefficient (Wildman–Crippen LogP) is 19.7. The maximum Gasteiger partial charge on any atom is 0.268 e. The normalized spacial score (nSPS) is 14.5. The van der Waals surface area contributed by atoms with Gasteiger partial charge in [0.05, 0.1) is 39.9 Å². The summed E-state index contributed by atoms with van der Waals surface area (Å²) in [6.45, 7) is 4.53. The number of phosphoric acid groups is 1. The summed E-state index contributed by atoms with van der Waals surface area (Å²) in [5, 5.41) is 13.9. The molecule has 0 saturated heterocycles. The Kier molecular flexibility index (Phi) is 56.7. The number of hydrogen-bond donors (Lipinski definition) is 2. The van der Waals surface area contributed by atoms with Crippen molar-refractivity contribution in [2.24, 2.45) is 0 Å². The Labute approximate surface area is 482 Å². The van der Waals surface area contributed by atoms with E-state index in [1.807, 2.05) is 27.2 Å². The molecule has 450 valence electrons. The monoisotopic (exact) mass is 1110 g/mol. The van der Waals surface area contributed by atoms with Crippen LogP contribution < -0.4 is 10.2 Å². The SMILES string of the molecule is CC/C=C\C/C=C\C/C=C\C/C=C\C/C=C\C/C=C\C/C=C\CCCCCCCCCCCCCCCCCC(=O)NC(COP(=O)([O-])OCC[N+](C)(C)C)C(O)/C=C/CC/C=C/CCCCCCCCCCCCCCC. The Hall–Kier alpha value is -2.84. The molecule has 0 fully saturated rings. The molecule has 0 heterocycles. The summed E-state index contributed by atoms with van der Waals surface area (Å²) in [4.78, 5) is 25.6. The average molecular weight is 1110 g/mol. The van der Waals surface area contributed by atoms with Crippen LogP contribution in [0.25, 0.3) is 0 Å². The van der Waals surface area contributed by atoms with Gasteiger partial charge in [0.2, 0.25) is 5.91 Å². The molecule has 0 aliphatic rings. The molecule has 0 saturated carbocycles. The van der Waals surface area contributed by atoms with Gasteiger partial charge in [-0.3, -0.25) is 9.36 Å². The molecule has 9 heteroatoms. The van der Waals surface area contributed by atoms with Gasteiger partial charge in [0.1, 0.15) is 13.2 Å². The Morgan fingerprint density at radius 1 is 0.462 bits per heavy atom. The van der Waals surface area contributed by atoms with Crippen molar-refractivity contribution in [3.63, 3.8) is 0 Å². The molecule has 0 bridgehead atoms. The van der Waals surface area contributed by atoms with E-state index in [-0.39, 0.29) is 12.5 Å². The molecule has 0 aromatic heterocycles. The van der Waals surface area contributed by atoms with E-state index in [2.05, 4.69) is 116 Å². The third-order valence-electron chi connectivity index (χ3n) is 14.0. The number of quaternary nitrogens is 1. The van der Waals surface area contributed by atoms with Crippen molar-refractivity contribution in [2.45, 2.75) is 283 Å². The Bertz CT molecular complexity index is 1640. The van der Waals surface area contributed by atoms with Crippen LogP contribution in [0.5, 0.6) is 0 Å².